The first-order valence-electron chi connectivity index (χ1n) is 6.52. The van der Waals surface area contributed by atoms with Crippen LogP contribution in [0.15, 0.2) is 12.7 Å². The second-order valence-electron chi connectivity index (χ2n) is 7.02. The molecule has 108 valence electrons. The van der Waals surface area contributed by atoms with E-state index in [1.54, 1.807) is 47.6 Å². The lowest BCUT2D eigenvalue weighted by atomic mass is 10.0. The fourth-order valence-electron chi connectivity index (χ4n) is 1.86. The number of rotatable bonds is 3. The summed E-state index contributed by atoms with van der Waals surface area (Å²) in [6, 6.07) is 0. The summed E-state index contributed by atoms with van der Waals surface area (Å²) in [7, 11) is 0. The molecular formula is C15H24O4. The van der Waals surface area contributed by atoms with Crippen LogP contribution >= 0.6 is 0 Å². The first-order chi connectivity index (χ1) is 8.42. The van der Waals surface area contributed by atoms with Crippen molar-refractivity contribution in [3.05, 3.63) is 12.7 Å². The highest BCUT2D eigenvalue weighted by Gasteiger charge is 2.67. The molecule has 0 aromatic carbocycles. The fraction of sp³-hybridized carbons (Fsp3) is 0.733. The van der Waals surface area contributed by atoms with Crippen LogP contribution in [0.4, 0.5) is 0 Å². The molecule has 1 aliphatic rings. The Labute approximate surface area is 115 Å². The molecule has 0 aromatic heterocycles. The molecule has 0 aromatic rings. The fourth-order valence-corrected chi connectivity index (χ4v) is 1.86. The highest BCUT2D eigenvalue weighted by molar-refractivity contribution is 6.04. The monoisotopic (exact) mass is 268 g/mol. The summed E-state index contributed by atoms with van der Waals surface area (Å²) in [5, 5.41) is 0. The van der Waals surface area contributed by atoms with E-state index in [-0.39, 0.29) is 5.92 Å². The summed E-state index contributed by atoms with van der Waals surface area (Å²) < 4.78 is 10.7. The minimum Gasteiger partial charge on any atom is -0.459 e. The van der Waals surface area contributed by atoms with Crippen molar-refractivity contribution in [1.82, 2.24) is 0 Å². The van der Waals surface area contributed by atoms with Gasteiger partial charge in [0.1, 0.15) is 11.2 Å². The number of esters is 2. The van der Waals surface area contributed by atoms with Gasteiger partial charge in [-0.05, 0) is 48.0 Å². The number of carbonyl (C=O) groups is 2. The van der Waals surface area contributed by atoms with Gasteiger partial charge in [-0.1, -0.05) is 6.08 Å². The minimum absolute atomic E-state index is 0.197. The first-order valence-corrected chi connectivity index (χ1v) is 6.52. The van der Waals surface area contributed by atoms with Crippen LogP contribution in [0.25, 0.3) is 0 Å². The molecular weight excluding hydrogens is 244 g/mol. The highest BCUT2D eigenvalue weighted by Crippen LogP contribution is 2.56. The zero-order chi connectivity index (χ0) is 15.1. The third kappa shape index (κ3) is 3.58. The van der Waals surface area contributed by atoms with Gasteiger partial charge in [0.25, 0.3) is 0 Å². The van der Waals surface area contributed by atoms with Gasteiger partial charge in [-0.25, -0.2) is 0 Å². The third-order valence-corrected chi connectivity index (χ3v) is 2.83. The molecule has 4 nitrogen and oxygen atoms in total. The highest BCUT2D eigenvalue weighted by atomic mass is 16.6. The van der Waals surface area contributed by atoms with Crippen LogP contribution in [0.2, 0.25) is 0 Å². The SMILES string of the molecule is C=CC1CC1(C(=O)OC(C)(C)C)C(=O)OC(C)(C)C. The van der Waals surface area contributed by atoms with Crippen molar-refractivity contribution < 1.29 is 19.1 Å². The maximum absolute atomic E-state index is 12.3. The Kier molecular flexibility index (Phi) is 3.86. The Morgan fingerprint density at radius 2 is 1.42 bits per heavy atom. The van der Waals surface area contributed by atoms with Crippen LogP contribution in [-0.2, 0) is 19.1 Å². The molecule has 1 aliphatic carbocycles. The van der Waals surface area contributed by atoms with Gasteiger partial charge in [-0.3, -0.25) is 9.59 Å². The second-order valence-corrected chi connectivity index (χ2v) is 7.02. The largest absolute Gasteiger partial charge is 0.459 e. The van der Waals surface area contributed by atoms with Crippen LogP contribution in [0, 0.1) is 11.3 Å². The van der Waals surface area contributed by atoms with E-state index in [1.165, 1.54) is 0 Å². The second kappa shape index (κ2) is 4.66. The van der Waals surface area contributed by atoms with Gasteiger partial charge in [0, 0.05) is 5.92 Å². The van der Waals surface area contributed by atoms with E-state index in [1.807, 2.05) is 0 Å². The van der Waals surface area contributed by atoms with Crippen molar-refractivity contribution in [2.24, 2.45) is 11.3 Å². The van der Waals surface area contributed by atoms with E-state index in [0.717, 1.165) is 0 Å². The molecule has 0 spiro atoms. The van der Waals surface area contributed by atoms with Gasteiger partial charge >= 0.3 is 11.9 Å². The molecule has 1 unspecified atom stereocenters. The Morgan fingerprint density at radius 1 is 1.05 bits per heavy atom. The van der Waals surface area contributed by atoms with E-state index < -0.39 is 28.6 Å². The number of allylic oxidation sites excluding steroid dienone is 1. The summed E-state index contributed by atoms with van der Waals surface area (Å²) in [6.07, 6.45) is 2.04. The maximum atomic E-state index is 12.3. The zero-order valence-corrected chi connectivity index (χ0v) is 12.7. The van der Waals surface area contributed by atoms with E-state index in [0.29, 0.717) is 6.42 Å². The van der Waals surface area contributed by atoms with Crippen LogP contribution in [0.3, 0.4) is 0 Å². The van der Waals surface area contributed by atoms with Gasteiger partial charge in [-0.15, -0.1) is 6.58 Å². The van der Waals surface area contributed by atoms with Crippen LogP contribution in [-0.4, -0.2) is 23.1 Å². The lowest BCUT2D eigenvalue weighted by Gasteiger charge is -2.26. The van der Waals surface area contributed by atoms with Gasteiger partial charge in [0.2, 0.25) is 0 Å². The summed E-state index contributed by atoms with van der Waals surface area (Å²) in [4.78, 5) is 24.5. The summed E-state index contributed by atoms with van der Waals surface area (Å²) in [5.41, 5.74) is -2.44. The normalized spacial score (nSPS) is 21.5. The number of ether oxygens (including phenoxy) is 2. The van der Waals surface area contributed by atoms with Crippen LogP contribution in [0.5, 0.6) is 0 Å². The molecule has 4 heteroatoms. The third-order valence-electron chi connectivity index (χ3n) is 2.83. The molecule has 1 fully saturated rings. The number of hydrogen-bond donors (Lipinski definition) is 0. The molecule has 19 heavy (non-hydrogen) atoms. The molecule has 0 bridgehead atoms. The first kappa shape index (κ1) is 15.7. The van der Waals surface area contributed by atoms with E-state index in [9.17, 15) is 9.59 Å². The molecule has 0 saturated heterocycles. The Balaban J connectivity index is 2.91. The van der Waals surface area contributed by atoms with Crippen molar-refractivity contribution in [1.29, 1.82) is 0 Å². The molecule has 1 saturated carbocycles. The minimum atomic E-state index is -1.19. The Hall–Kier alpha value is -1.32. The summed E-state index contributed by atoms with van der Waals surface area (Å²) in [6.45, 7) is 14.3. The Morgan fingerprint density at radius 3 is 1.63 bits per heavy atom. The molecule has 0 heterocycles. The predicted octanol–water partition coefficient (Wildman–Crippen LogP) is 2.86. The Bertz CT molecular complexity index is 367. The topological polar surface area (TPSA) is 52.6 Å². The van der Waals surface area contributed by atoms with Crippen LogP contribution < -0.4 is 0 Å². The standard InChI is InChI=1S/C15H24O4/c1-8-10-9-15(10,11(16)18-13(2,3)4)12(17)19-14(5,6)7/h8,10H,1,9H2,2-7H3. The average Bonchev–Trinajstić information content (AvgIpc) is 2.87. The van der Waals surface area contributed by atoms with E-state index in [2.05, 4.69) is 6.58 Å². The summed E-state index contributed by atoms with van der Waals surface area (Å²) >= 11 is 0. The van der Waals surface area contributed by atoms with Crippen LogP contribution in [0.1, 0.15) is 48.0 Å². The number of carbonyl (C=O) groups excluding carboxylic acids is 2. The average molecular weight is 268 g/mol. The van der Waals surface area contributed by atoms with Crippen molar-refractivity contribution in [3.63, 3.8) is 0 Å². The predicted molar refractivity (Wildman–Crippen MR) is 72.4 cm³/mol. The zero-order valence-electron chi connectivity index (χ0n) is 12.7. The smallest absolute Gasteiger partial charge is 0.324 e. The molecule has 0 N–H and O–H groups in total. The van der Waals surface area contributed by atoms with Gasteiger partial charge < -0.3 is 9.47 Å². The van der Waals surface area contributed by atoms with Crippen molar-refractivity contribution in [3.8, 4) is 0 Å². The van der Waals surface area contributed by atoms with Gasteiger partial charge in [0.05, 0.1) is 0 Å². The van der Waals surface area contributed by atoms with Crippen molar-refractivity contribution >= 4 is 11.9 Å². The molecule has 0 amide bonds. The van der Waals surface area contributed by atoms with Gasteiger partial charge in [0.15, 0.2) is 5.41 Å². The molecule has 0 aliphatic heterocycles. The van der Waals surface area contributed by atoms with Crippen molar-refractivity contribution in [2.75, 3.05) is 0 Å². The molecule has 0 radical (unpaired) electrons. The van der Waals surface area contributed by atoms with E-state index in [4.69, 9.17) is 9.47 Å². The van der Waals surface area contributed by atoms with Gasteiger partial charge in [-0.2, -0.15) is 0 Å². The lowest BCUT2D eigenvalue weighted by Crippen LogP contribution is -2.39. The maximum Gasteiger partial charge on any atom is 0.324 e. The molecule has 1 rings (SSSR count). The number of hydrogen-bond acceptors (Lipinski definition) is 4. The van der Waals surface area contributed by atoms with E-state index >= 15 is 0 Å². The quantitative estimate of drug-likeness (QED) is 0.448. The molecule has 1 atom stereocenters. The lowest BCUT2D eigenvalue weighted by molar-refractivity contribution is -0.177. The van der Waals surface area contributed by atoms with Crippen molar-refractivity contribution in [2.45, 2.75) is 59.2 Å². The summed E-state index contributed by atoms with van der Waals surface area (Å²) in [5.74, 6) is -1.23.